The Balaban J connectivity index is 2.84. The second-order valence-electron chi connectivity index (χ2n) is 2.14. The van der Waals surface area contributed by atoms with Gasteiger partial charge in [0.05, 0.1) is 0 Å². The standard InChI is InChI=1S/C8H9NO2/c1-4-8(10-3)7-5-6(2)11-9-7/h1,5,8H,2-3H3. The van der Waals surface area contributed by atoms with E-state index in [-0.39, 0.29) is 0 Å². The molecule has 58 valence electrons. The number of aryl methyl sites for hydroxylation is 1. The van der Waals surface area contributed by atoms with E-state index in [1.165, 1.54) is 7.11 Å². The van der Waals surface area contributed by atoms with Crippen molar-refractivity contribution in [3.63, 3.8) is 0 Å². The zero-order chi connectivity index (χ0) is 8.27. The van der Waals surface area contributed by atoms with Gasteiger partial charge in [0.15, 0.2) is 6.10 Å². The highest BCUT2D eigenvalue weighted by Crippen LogP contribution is 2.14. The van der Waals surface area contributed by atoms with Crippen LogP contribution in [0.4, 0.5) is 0 Å². The number of ether oxygens (including phenoxy) is 1. The van der Waals surface area contributed by atoms with Crippen molar-refractivity contribution in [3.05, 3.63) is 17.5 Å². The van der Waals surface area contributed by atoms with Gasteiger partial charge in [0, 0.05) is 13.2 Å². The number of terminal acetylenes is 1. The van der Waals surface area contributed by atoms with Crippen molar-refractivity contribution in [1.29, 1.82) is 0 Å². The van der Waals surface area contributed by atoms with Crippen LogP contribution in [0, 0.1) is 19.3 Å². The number of hydrogen-bond acceptors (Lipinski definition) is 3. The lowest BCUT2D eigenvalue weighted by Crippen LogP contribution is -1.97. The van der Waals surface area contributed by atoms with Crippen LogP contribution in [0.25, 0.3) is 0 Å². The Labute approximate surface area is 65.3 Å². The van der Waals surface area contributed by atoms with Gasteiger partial charge >= 0.3 is 0 Å². The Bertz CT molecular complexity index is 272. The maximum atomic E-state index is 5.17. The zero-order valence-electron chi connectivity index (χ0n) is 6.50. The summed E-state index contributed by atoms with van der Waals surface area (Å²) in [6.45, 7) is 1.81. The molecule has 11 heavy (non-hydrogen) atoms. The third-order valence-corrected chi connectivity index (χ3v) is 1.30. The van der Waals surface area contributed by atoms with Gasteiger partial charge in [0.25, 0.3) is 0 Å². The Morgan fingerprint density at radius 2 is 2.55 bits per heavy atom. The van der Waals surface area contributed by atoms with E-state index in [9.17, 15) is 0 Å². The average Bonchev–Trinajstić information content (AvgIpc) is 2.39. The van der Waals surface area contributed by atoms with Crippen LogP contribution in [-0.2, 0) is 4.74 Å². The second-order valence-corrected chi connectivity index (χ2v) is 2.14. The minimum atomic E-state index is -0.396. The monoisotopic (exact) mass is 151 g/mol. The van der Waals surface area contributed by atoms with E-state index < -0.39 is 6.10 Å². The number of hydrogen-bond donors (Lipinski definition) is 0. The van der Waals surface area contributed by atoms with Gasteiger partial charge in [-0.15, -0.1) is 6.42 Å². The molecule has 3 heteroatoms. The van der Waals surface area contributed by atoms with Crippen molar-refractivity contribution in [2.75, 3.05) is 7.11 Å². The molecule has 1 atom stereocenters. The molecule has 1 unspecified atom stereocenters. The SMILES string of the molecule is C#CC(OC)c1cc(C)on1. The average molecular weight is 151 g/mol. The van der Waals surface area contributed by atoms with E-state index in [0.717, 1.165) is 5.76 Å². The van der Waals surface area contributed by atoms with E-state index in [2.05, 4.69) is 11.1 Å². The summed E-state index contributed by atoms with van der Waals surface area (Å²) in [5.41, 5.74) is 0.646. The Hall–Kier alpha value is -1.27. The lowest BCUT2D eigenvalue weighted by molar-refractivity contribution is 0.143. The highest BCUT2D eigenvalue weighted by atomic mass is 16.5. The van der Waals surface area contributed by atoms with Crippen LogP contribution in [0.1, 0.15) is 17.6 Å². The van der Waals surface area contributed by atoms with Crippen molar-refractivity contribution in [2.24, 2.45) is 0 Å². The van der Waals surface area contributed by atoms with Crippen LogP contribution in [0.15, 0.2) is 10.6 Å². The molecule has 0 aliphatic rings. The number of aromatic nitrogens is 1. The van der Waals surface area contributed by atoms with Gasteiger partial charge in [-0.1, -0.05) is 11.1 Å². The van der Waals surface area contributed by atoms with E-state index in [0.29, 0.717) is 5.69 Å². The normalized spacial score (nSPS) is 12.5. The molecule has 1 rings (SSSR count). The highest BCUT2D eigenvalue weighted by Gasteiger charge is 2.10. The molecule has 1 aromatic rings. The number of nitrogens with zero attached hydrogens (tertiary/aromatic N) is 1. The summed E-state index contributed by atoms with van der Waals surface area (Å²) in [5.74, 6) is 3.17. The van der Waals surface area contributed by atoms with Gasteiger partial charge in [-0.05, 0) is 6.92 Å². The summed E-state index contributed by atoms with van der Waals surface area (Å²) in [7, 11) is 1.54. The molecule has 0 spiro atoms. The van der Waals surface area contributed by atoms with Crippen molar-refractivity contribution in [3.8, 4) is 12.3 Å². The van der Waals surface area contributed by atoms with E-state index in [1.54, 1.807) is 13.0 Å². The predicted molar refractivity (Wildman–Crippen MR) is 39.8 cm³/mol. The fraction of sp³-hybridized carbons (Fsp3) is 0.375. The first-order chi connectivity index (χ1) is 5.27. The topological polar surface area (TPSA) is 35.3 Å². The molecule has 1 aromatic heterocycles. The molecular weight excluding hydrogens is 142 g/mol. The van der Waals surface area contributed by atoms with Crippen molar-refractivity contribution < 1.29 is 9.26 Å². The van der Waals surface area contributed by atoms with E-state index in [1.807, 2.05) is 0 Å². The van der Waals surface area contributed by atoms with Crippen molar-refractivity contribution in [2.45, 2.75) is 13.0 Å². The summed E-state index contributed by atoms with van der Waals surface area (Å²) < 4.78 is 9.76. The summed E-state index contributed by atoms with van der Waals surface area (Å²) in [4.78, 5) is 0. The van der Waals surface area contributed by atoms with Crippen LogP contribution < -0.4 is 0 Å². The fourth-order valence-corrected chi connectivity index (χ4v) is 0.783. The Morgan fingerprint density at radius 3 is 2.91 bits per heavy atom. The first-order valence-electron chi connectivity index (χ1n) is 3.20. The van der Waals surface area contributed by atoms with Crippen LogP contribution in [-0.4, -0.2) is 12.3 Å². The zero-order valence-corrected chi connectivity index (χ0v) is 6.50. The molecule has 0 aliphatic heterocycles. The van der Waals surface area contributed by atoms with Gasteiger partial charge in [-0.3, -0.25) is 0 Å². The molecule has 0 radical (unpaired) electrons. The predicted octanol–water partition coefficient (Wildman–Crippen LogP) is 1.30. The minimum Gasteiger partial charge on any atom is -0.362 e. The van der Waals surface area contributed by atoms with Crippen LogP contribution in [0.3, 0.4) is 0 Å². The minimum absolute atomic E-state index is 0.396. The maximum Gasteiger partial charge on any atom is 0.162 e. The molecule has 0 saturated heterocycles. The molecule has 0 amide bonds. The van der Waals surface area contributed by atoms with Crippen LogP contribution in [0.2, 0.25) is 0 Å². The van der Waals surface area contributed by atoms with Gasteiger partial charge in [0.2, 0.25) is 0 Å². The third kappa shape index (κ3) is 1.60. The smallest absolute Gasteiger partial charge is 0.162 e. The quantitative estimate of drug-likeness (QED) is 0.597. The molecule has 0 bridgehead atoms. The molecule has 0 fully saturated rings. The molecule has 0 aliphatic carbocycles. The second kappa shape index (κ2) is 3.22. The van der Waals surface area contributed by atoms with Gasteiger partial charge < -0.3 is 9.26 Å². The van der Waals surface area contributed by atoms with Gasteiger partial charge in [-0.25, -0.2) is 0 Å². The van der Waals surface area contributed by atoms with Crippen molar-refractivity contribution in [1.82, 2.24) is 5.16 Å². The third-order valence-electron chi connectivity index (χ3n) is 1.30. The van der Waals surface area contributed by atoms with Crippen LogP contribution in [0.5, 0.6) is 0 Å². The molecule has 0 saturated carbocycles. The Kier molecular flexibility index (Phi) is 2.29. The summed E-state index contributed by atoms with van der Waals surface area (Å²) >= 11 is 0. The molecule has 0 N–H and O–H groups in total. The number of methoxy groups -OCH3 is 1. The summed E-state index contributed by atoms with van der Waals surface area (Å²) in [5, 5.41) is 3.72. The first kappa shape index (κ1) is 7.83. The van der Waals surface area contributed by atoms with Crippen LogP contribution >= 0.6 is 0 Å². The summed E-state index contributed by atoms with van der Waals surface area (Å²) in [6.07, 6.45) is 4.77. The van der Waals surface area contributed by atoms with Gasteiger partial charge in [-0.2, -0.15) is 0 Å². The lowest BCUT2D eigenvalue weighted by atomic mass is 10.2. The molecule has 0 aromatic carbocycles. The lowest BCUT2D eigenvalue weighted by Gasteiger charge is -2.01. The Morgan fingerprint density at radius 1 is 1.82 bits per heavy atom. The highest BCUT2D eigenvalue weighted by molar-refractivity contribution is 5.15. The maximum absolute atomic E-state index is 5.17. The first-order valence-corrected chi connectivity index (χ1v) is 3.20. The largest absolute Gasteiger partial charge is 0.362 e. The van der Waals surface area contributed by atoms with E-state index in [4.69, 9.17) is 15.7 Å². The fourth-order valence-electron chi connectivity index (χ4n) is 0.783. The van der Waals surface area contributed by atoms with Gasteiger partial charge in [0.1, 0.15) is 11.5 Å². The molecule has 1 heterocycles. The van der Waals surface area contributed by atoms with Crippen molar-refractivity contribution >= 4 is 0 Å². The van der Waals surface area contributed by atoms with E-state index >= 15 is 0 Å². The molecule has 3 nitrogen and oxygen atoms in total. The molecular formula is C8H9NO2. The summed E-state index contributed by atoms with van der Waals surface area (Å²) in [6, 6.07) is 1.76. The number of rotatable bonds is 2.